The third-order valence-electron chi connectivity index (χ3n) is 6.39. The second-order valence-electron chi connectivity index (χ2n) is 9.49. The molecule has 10 nitrogen and oxygen atoms in total. The summed E-state index contributed by atoms with van der Waals surface area (Å²) in [5.74, 6) is -0.631. The number of amides is 3. The van der Waals surface area contributed by atoms with Gasteiger partial charge in [0.15, 0.2) is 0 Å². The van der Waals surface area contributed by atoms with Crippen molar-refractivity contribution < 1.29 is 19.5 Å². The molecular weight excluding hydrogens is 519 g/mol. The normalized spacial score (nSPS) is 20.5. The minimum Gasteiger partial charge on any atom is -0.465 e. The zero-order valence-corrected chi connectivity index (χ0v) is 21.9. The van der Waals surface area contributed by atoms with E-state index in [1.165, 1.54) is 12.1 Å². The molecule has 1 heterocycles. The number of carboxylic acid groups (broad SMARTS) is 1. The first kappa shape index (κ1) is 26.7. The van der Waals surface area contributed by atoms with E-state index in [9.17, 15) is 19.5 Å². The van der Waals surface area contributed by atoms with E-state index >= 15 is 0 Å². The quantitative estimate of drug-likeness (QED) is 0.358. The summed E-state index contributed by atoms with van der Waals surface area (Å²) in [6.07, 6.45) is -0.452. The Labute approximate surface area is 224 Å². The molecule has 0 spiro atoms. The van der Waals surface area contributed by atoms with Gasteiger partial charge in [-0.3, -0.25) is 9.59 Å². The number of halogens is 2. The van der Waals surface area contributed by atoms with Crippen LogP contribution in [0.2, 0.25) is 10.0 Å². The number of likely N-dealkylation sites (N-methyl/N-ethyl adjacent to an activating group) is 1. The lowest BCUT2D eigenvalue weighted by atomic mass is 10.1. The van der Waals surface area contributed by atoms with Crippen LogP contribution >= 0.6 is 23.2 Å². The van der Waals surface area contributed by atoms with Crippen LogP contribution in [-0.2, 0) is 16.1 Å². The molecule has 4 rings (SSSR count). The minimum absolute atomic E-state index is 0.131. The summed E-state index contributed by atoms with van der Waals surface area (Å²) in [7, 11) is 3.50. The zero-order valence-electron chi connectivity index (χ0n) is 20.4. The summed E-state index contributed by atoms with van der Waals surface area (Å²) in [6.45, 7) is 0.631. The molecule has 2 aromatic carbocycles. The molecule has 0 aromatic heterocycles. The van der Waals surface area contributed by atoms with Crippen LogP contribution in [0.25, 0.3) is 0 Å². The number of nitrogens with zero attached hydrogens (tertiary/aromatic N) is 4. The van der Waals surface area contributed by atoms with Gasteiger partial charge in [0.05, 0.1) is 28.8 Å². The van der Waals surface area contributed by atoms with E-state index in [4.69, 9.17) is 28.9 Å². The molecule has 2 fully saturated rings. The van der Waals surface area contributed by atoms with Crippen LogP contribution in [0.5, 0.6) is 0 Å². The van der Waals surface area contributed by atoms with E-state index in [1.807, 2.05) is 35.2 Å². The van der Waals surface area contributed by atoms with Crippen molar-refractivity contribution in [3.8, 4) is 0 Å². The van der Waals surface area contributed by atoms with Crippen molar-refractivity contribution in [3.63, 3.8) is 0 Å². The number of nitrogens with two attached hydrogens (primary N) is 1. The van der Waals surface area contributed by atoms with Crippen LogP contribution in [0.1, 0.15) is 12.0 Å². The number of fused-ring (bicyclic) bond motifs is 1. The highest BCUT2D eigenvalue weighted by molar-refractivity contribution is 6.39. The Hall–Kier alpha value is -3.34. The van der Waals surface area contributed by atoms with Crippen molar-refractivity contribution in [1.82, 2.24) is 9.80 Å². The standard InChI is InChI=1S/C25H28Cl2N6O4/c1-31(2)13-20(34)29-21-18(26)8-14(9-19(21)27)11-33(25(36)37)24(28)30-23(35)22-17-10-15(17)12-32(22)16-6-4-3-5-7-16/h3-9,15,17,22H,10-13H2,1-2H3,(H,29,34)(H,36,37)(H2,28,30,35). The maximum atomic E-state index is 13.2. The highest BCUT2D eigenvalue weighted by Gasteiger charge is 2.55. The SMILES string of the molecule is CN(C)CC(=O)Nc1c(Cl)cc(CN(C(=O)O)C(N)=NC(=O)C2C3CC3CN2c2ccccc2)cc1Cl. The molecule has 0 radical (unpaired) electrons. The number of guanidine groups is 1. The Kier molecular flexibility index (Phi) is 7.91. The van der Waals surface area contributed by atoms with E-state index in [2.05, 4.69) is 10.3 Å². The number of rotatable bonds is 7. The smallest absolute Gasteiger partial charge is 0.414 e. The molecule has 2 aromatic rings. The summed E-state index contributed by atoms with van der Waals surface area (Å²) in [4.78, 5) is 45.7. The van der Waals surface area contributed by atoms with Crippen LogP contribution in [0.4, 0.5) is 16.2 Å². The summed E-state index contributed by atoms with van der Waals surface area (Å²) in [5, 5.41) is 12.7. The molecule has 1 aliphatic heterocycles. The van der Waals surface area contributed by atoms with Gasteiger partial charge < -0.3 is 26.0 Å². The largest absolute Gasteiger partial charge is 0.465 e. The monoisotopic (exact) mass is 546 g/mol. The molecule has 0 bridgehead atoms. The van der Waals surface area contributed by atoms with Crippen molar-refractivity contribution >= 4 is 58.4 Å². The molecule has 3 atom stereocenters. The number of piperidine rings is 1. The molecule has 3 unspecified atom stereocenters. The average Bonchev–Trinajstić information content (AvgIpc) is 3.48. The number of carbonyl (C=O) groups is 3. The summed E-state index contributed by atoms with van der Waals surface area (Å²) in [6, 6.07) is 12.0. The van der Waals surface area contributed by atoms with E-state index < -0.39 is 24.0 Å². The van der Waals surface area contributed by atoms with Crippen molar-refractivity contribution in [2.24, 2.45) is 22.6 Å². The molecule has 196 valence electrons. The molecule has 1 aliphatic carbocycles. The van der Waals surface area contributed by atoms with Crippen LogP contribution in [0.3, 0.4) is 0 Å². The number of benzene rings is 2. The number of para-hydroxylation sites is 1. The van der Waals surface area contributed by atoms with E-state index in [1.54, 1.807) is 19.0 Å². The third kappa shape index (κ3) is 6.15. The van der Waals surface area contributed by atoms with Gasteiger partial charge in [-0.05, 0) is 62.2 Å². The number of aliphatic imine (C=N–C) groups is 1. The van der Waals surface area contributed by atoms with Crippen LogP contribution < -0.4 is 16.0 Å². The molecule has 4 N–H and O–H groups in total. The lowest BCUT2D eigenvalue weighted by Crippen LogP contribution is -2.44. The van der Waals surface area contributed by atoms with Gasteiger partial charge in [-0.15, -0.1) is 0 Å². The summed E-state index contributed by atoms with van der Waals surface area (Å²) >= 11 is 12.6. The Bertz CT molecular complexity index is 1220. The average molecular weight is 547 g/mol. The molecular formula is C25H28Cl2N6O4. The predicted molar refractivity (Wildman–Crippen MR) is 143 cm³/mol. The number of anilines is 2. The second-order valence-corrected chi connectivity index (χ2v) is 10.3. The first-order valence-corrected chi connectivity index (χ1v) is 12.4. The van der Waals surface area contributed by atoms with Crippen molar-refractivity contribution in [3.05, 3.63) is 58.1 Å². The molecule has 12 heteroatoms. The maximum Gasteiger partial charge on any atom is 0.414 e. The van der Waals surface area contributed by atoms with Crippen LogP contribution in [0.15, 0.2) is 47.5 Å². The lowest BCUT2D eigenvalue weighted by Gasteiger charge is -2.27. The Morgan fingerprint density at radius 3 is 2.41 bits per heavy atom. The molecule has 1 saturated heterocycles. The van der Waals surface area contributed by atoms with Gasteiger partial charge in [-0.1, -0.05) is 41.4 Å². The van der Waals surface area contributed by atoms with Crippen LogP contribution in [-0.4, -0.2) is 72.0 Å². The van der Waals surface area contributed by atoms with Gasteiger partial charge in [-0.25, -0.2) is 9.69 Å². The third-order valence-corrected chi connectivity index (χ3v) is 6.99. The zero-order chi connectivity index (χ0) is 26.9. The summed E-state index contributed by atoms with van der Waals surface area (Å²) in [5.41, 5.74) is 7.57. The van der Waals surface area contributed by atoms with Gasteiger partial charge in [0.2, 0.25) is 11.9 Å². The topological polar surface area (TPSA) is 132 Å². The minimum atomic E-state index is -1.39. The van der Waals surface area contributed by atoms with Crippen molar-refractivity contribution in [2.75, 3.05) is 37.4 Å². The fourth-order valence-electron chi connectivity index (χ4n) is 4.64. The summed E-state index contributed by atoms with van der Waals surface area (Å²) < 4.78 is 0. The van der Waals surface area contributed by atoms with E-state index in [-0.39, 0.29) is 40.6 Å². The fourth-order valence-corrected chi connectivity index (χ4v) is 5.26. The number of hydrogen-bond acceptors (Lipinski definition) is 5. The van der Waals surface area contributed by atoms with Gasteiger partial charge in [0.1, 0.15) is 6.04 Å². The molecule has 3 amide bonds. The molecule has 1 saturated carbocycles. The fraction of sp³-hybridized carbons (Fsp3) is 0.360. The first-order chi connectivity index (χ1) is 17.5. The van der Waals surface area contributed by atoms with Crippen molar-refractivity contribution in [1.29, 1.82) is 0 Å². The van der Waals surface area contributed by atoms with Gasteiger partial charge in [0, 0.05) is 12.2 Å². The Balaban J connectivity index is 1.51. The Morgan fingerprint density at radius 1 is 1.16 bits per heavy atom. The molecule has 2 aliphatic rings. The first-order valence-electron chi connectivity index (χ1n) is 11.7. The Morgan fingerprint density at radius 2 is 1.81 bits per heavy atom. The second kappa shape index (κ2) is 11.0. The van der Waals surface area contributed by atoms with E-state index in [0.717, 1.165) is 23.6 Å². The highest BCUT2D eigenvalue weighted by atomic mass is 35.5. The van der Waals surface area contributed by atoms with Gasteiger partial charge in [0.25, 0.3) is 5.91 Å². The maximum absolute atomic E-state index is 13.2. The van der Waals surface area contributed by atoms with Gasteiger partial charge >= 0.3 is 6.09 Å². The predicted octanol–water partition coefficient (Wildman–Crippen LogP) is 3.34. The molecule has 37 heavy (non-hydrogen) atoms. The number of nitrogens with one attached hydrogen (secondary N) is 1. The lowest BCUT2D eigenvalue weighted by molar-refractivity contribution is -0.119. The van der Waals surface area contributed by atoms with Crippen molar-refractivity contribution in [2.45, 2.75) is 19.0 Å². The highest BCUT2D eigenvalue weighted by Crippen LogP contribution is 2.51. The van der Waals surface area contributed by atoms with Crippen LogP contribution in [0, 0.1) is 11.8 Å². The van der Waals surface area contributed by atoms with E-state index in [0.29, 0.717) is 11.5 Å². The number of carbonyl (C=O) groups excluding carboxylic acids is 2. The van der Waals surface area contributed by atoms with Gasteiger partial charge in [-0.2, -0.15) is 4.99 Å². The number of hydrogen-bond donors (Lipinski definition) is 3.